The summed E-state index contributed by atoms with van der Waals surface area (Å²) in [6.45, 7) is 0.174. The topological polar surface area (TPSA) is 93.3 Å². The number of ether oxygens (including phenoxy) is 2. The molecule has 0 saturated heterocycles. The van der Waals surface area contributed by atoms with Crippen LogP contribution in [0.2, 0.25) is 0 Å². The molecular weight excluding hydrogens is 366 g/mol. The van der Waals surface area contributed by atoms with Gasteiger partial charge in [-0.15, -0.1) is 0 Å². The standard InChI is InChI=1S/C19H17N3O4S/c1-27-19-21-17-16(18(24)22-19)14(15-10(20-17)3-2-4-11(15)23)9-5-6-12-13(7-9)26-8-25-12/h5-7,14H,2-4,8H2,1H3,(H2,20,21,22,24)/t14-/m0/s1. The van der Waals surface area contributed by atoms with Crippen LogP contribution in [-0.2, 0) is 4.79 Å². The molecule has 27 heavy (non-hydrogen) atoms. The summed E-state index contributed by atoms with van der Waals surface area (Å²) < 4.78 is 10.9. The number of hydrogen-bond acceptors (Lipinski definition) is 7. The fourth-order valence-electron chi connectivity index (χ4n) is 3.96. The quantitative estimate of drug-likeness (QED) is 0.608. The number of Topliss-reactive ketones (excluding diaryl/α,β-unsaturated/α-hetero) is 1. The Morgan fingerprint density at radius 1 is 1.19 bits per heavy atom. The number of anilines is 1. The Hall–Kier alpha value is -2.74. The van der Waals surface area contributed by atoms with E-state index in [2.05, 4.69) is 15.3 Å². The zero-order chi connectivity index (χ0) is 18.5. The number of aromatic amines is 1. The summed E-state index contributed by atoms with van der Waals surface area (Å²) in [6.07, 6.45) is 3.92. The Labute approximate surface area is 159 Å². The van der Waals surface area contributed by atoms with E-state index in [0.717, 1.165) is 24.1 Å². The molecule has 1 aromatic carbocycles. The van der Waals surface area contributed by atoms with Gasteiger partial charge in [0.1, 0.15) is 5.82 Å². The van der Waals surface area contributed by atoms with E-state index in [0.29, 0.717) is 40.0 Å². The Morgan fingerprint density at radius 3 is 2.89 bits per heavy atom. The molecule has 0 fully saturated rings. The van der Waals surface area contributed by atoms with Crippen molar-refractivity contribution in [2.24, 2.45) is 0 Å². The number of nitrogens with zero attached hydrogens (tertiary/aromatic N) is 1. The lowest BCUT2D eigenvalue weighted by atomic mass is 9.76. The average Bonchev–Trinajstić information content (AvgIpc) is 3.14. The number of rotatable bonds is 2. The predicted octanol–water partition coefficient (Wildman–Crippen LogP) is 2.79. The van der Waals surface area contributed by atoms with Crippen LogP contribution in [0.4, 0.5) is 5.82 Å². The van der Waals surface area contributed by atoms with Crippen LogP contribution < -0.4 is 20.3 Å². The number of nitrogens with one attached hydrogen (secondary N) is 2. The smallest absolute Gasteiger partial charge is 0.257 e. The summed E-state index contributed by atoms with van der Waals surface area (Å²) in [5.74, 6) is 1.43. The van der Waals surface area contributed by atoms with Gasteiger partial charge >= 0.3 is 0 Å². The van der Waals surface area contributed by atoms with Gasteiger partial charge in [-0.25, -0.2) is 4.98 Å². The monoisotopic (exact) mass is 383 g/mol. The molecule has 2 aliphatic heterocycles. The molecule has 5 rings (SSSR count). The Bertz CT molecular complexity index is 1060. The van der Waals surface area contributed by atoms with Crippen molar-refractivity contribution in [3.63, 3.8) is 0 Å². The van der Waals surface area contributed by atoms with E-state index in [4.69, 9.17) is 9.47 Å². The van der Waals surface area contributed by atoms with E-state index in [-0.39, 0.29) is 18.1 Å². The van der Waals surface area contributed by atoms with Gasteiger partial charge in [-0.2, -0.15) is 0 Å². The van der Waals surface area contributed by atoms with Crippen molar-refractivity contribution >= 4 is 23.4 Å². The molecular formula is C19H17N3O4S. The molecule has 138 valence electrons. The average molecular weight is 383 g/mol. The van der Waals surface area contributed by atoms with Gasteiger partial charge < -0.3 is 19.8 Å². The zero-order valence-corrected chi connectivity index (χ0v) is 15.4. The summed E-state index contributed by atoms with van der Waals surface area (Å²) in [5, 5.41) is 3.80. The van der Waals surface area contributed by atoms with Crippen molar-refractivity contribution < 1.29 is 14.3 Å². The highest BCUT2D eigenvalue weighted by atomic mass is 32.2. The summed E-state index contributed by atoms with van der Waals surface area (Å²) in [7, 11) is 0. The maximum atomic E-state index is 12.9. The van der Waals surface area contributed by atoms with Gasteiger partial charge in [0.15, 0.2) is 22.4 Å². The molecule has 3 aliphatic rings. The van der Waals surface area contributed by atoms with Gasteiger partial charge in [0, 0.05) is 23.6 Å². The number of H-pyrrole nitrogens is 1. The van der Waals surface area contributed by atoms with Crippen molar-refractivity contribution in [2.45, 2.75) is 30.3 Å². The molecule has 3 heterocycles. The SMILES string of the molecule is CSc1nc2c(c(=O)[nH]1)[C@@H](c1ccc3c(c1)OCO3)C1=C(CCCC1=O)N2. The molecule has 0 saturated carbocycles. The lowest BCUT2D eigenvalue weighted by molar-refractivity contribution is -0.116. The van der Waals surface area contributed by atoms with E-state index < -0.39 is 5.92 Å². The van der Waals surface area contributed by atoms with Gasteiger partial charge in [0.05, 0.1) is 5.56 Å². The van der Waals surface area contributed by atoms with E-state index in [1.165, 1.54) is 11.8 Å². The van der Waals surface area contributed by atoms with Crippen LogP contribution in [-0.4, -0.2) is 28.8 Å². The molecule has 8 heteroatoms. The predicted molar refractivity (Wildman–Crippen MR) is 101 cm³/mol. The van der Waals surface area contributed by atoms with Crippen LogP contribution >= 0.6 is 11.8 Å². The number of hydrogen-bond donors (Lipinski definition) is 2. The number of carbonyl (C=O) groups is 1. The van der Waals surface area contributed by atoms with Crippen LogP contribution in [0, 0.1) is 0 Å². The summed E-state index contributed by atoms with van der Waals surface area (Å²) in [6, 6.07) is 5.57. The molecule has 1 aromatic heterocycles. The molecule has 2 aromatic rings. The fourth-order valence-corrected chi connectivity index (χ4v) is 4.34. The lowest BCUT2D eigenvalue weighted by Gasteiger charge is -2.32. The highest BCUT2D eigenvalue weighted by Gasteiger charge is 2.38. The summed E-state index contributed by atoms with van der Waals surface area (Å²) >= 11 is 1.37. The van der Waals surface area contributed by atoms with Crippen molar-refractivity contribution in [1.29, 1.82) is 0 Å². The first-order chi connectivity index (χ1) is 13.2. The molecule has 2 N–H and O–H groups in total. The van der Waals surface area contributed by atoms with Crippen LogP contribution in [0.3, 0.4) is 0 Å². The van der Waals surface area contributed by atoms with Crippen LogP contribution in [0.15, 0.2) is 39.4 Å². The minimum atomic E-state index is -0.467. The number of benzene rings is 1. The summed E-state index contributed by atoms with van der Waals surface area (Å²) in [4.78, 5) is 33.1. The second kappa shape index (κ2) is 6.16. The molecule has 0 spiro atoms. The molecule has 0 bridgehead atoms. The number of aromatic nitrogens is 2. The third kappa shape index (κ3) is 2.55. The molecule has 1 atom stereocenters. The molecule has 7 nitrogen and oxygen atoms in total. The number of fused-ring (bicyclic) bond motifs is 2. The van der Waals surface area contributed by atoms with Crippen molar-refractivity contribution in [2.75, 3.05) is 18.4 Å². The molecule has 0 radical (unpaired) electrons. The normalized spacial score (nSPS) is 20.2. The van der Waals surface area contributed by atoms with Crippen molar-refractivity contribution in [3.8, 4) is 11.5 Å². The third-order valence-electron chi connectivity index (χ3n) is 5.16. The molecule has 0 amide bonds. The van der Waals surface area contributed by atoms with Crippen LogP contribution in [0.5, 0.6) is 11.5 Å². The van der Waals surface area contributed by atoms with E-state index >= 15 is 0 Å². The van der Waals surface area contributed by atoms with E-state index in [1.807, 2.05) is 24.5 Å². The fraction of sp³-hybridized carbons (Fsp3) is 0.316. The number of carbonyl (C=O) groups excluding carboxylic acids is 1. The number of allylic oxidation sites excluding steroid dienone is 2. The minimum absolute atomic E-state index is 0.0745. The van der Waals surface area contributed by atoms with Gasteiger partial charge in [-0.3, -0.25) is 9.59 Å². The zero-order valence-electron chi connectivity index (χ0n) is 14.6. The highest BCUT2D eigenvalue weighted by molar-refractivity contribution is 7.98. The van der Waals surface area contributed by atoms with Gasteiger partial charge in [0.2, 0.25) is 6.79 Å². The third-order valence-corrected chi connectivity index (χ3v) is 5.74. The largest absolute Gasteiger partial charge is 0.454 e. The number of thioether (sulfide) groups is 1. The first-order valence-electron chi connectivity index (χ1n) is 8.76. The van der Waals surface area contributed by atoms with Gasteiger partial charge in [0.25, 0.3) is 5.56 Å². The Kier molecular flexibility index (Phi) is 3.75. The van der Waals surface area contributed by atoms with Gasteiger partial charge in [-0.05, 0) is 36.8 Å². The number of ketones is 1. The van der Waals surface area contributed by atoms with Crippen molar-refractivity contribution in [1.82, 2.24) is 9.97 Å². The first-order valence-corrected chi connectivity index (χ1v) is 9.99. The Morgan fingerprint density at radius 2 is 2.04 bits per heavy atom. The molecule has 1 aliphatic carbocycles. The minimum Gasteiger partial charge on any atom is -0.454 e. The maximum absolute atomic E-state index is 12.9. The Balaban J connectivity index is 1.75. The van der Waals surface area contributed by atoms with Gasteiger partial charge in [-0.1, -0.05) is 17.8 Å². The maximum Gasteiger partial charge on any atom is 0.257 e. The first kappa shape index (κ1) is 16.4. The second-order valence-corrected chi connectivity index (χ2v) is 7.47. The van der Waals surface area contributed by atoms with Crippen LogP contribution in [0.25, 0.3) is 0 Å². The second-order valence-electron chi connectivity index (χ2n) is 6.68. The van der Waals surface area contributed by atoms with E-state index in [9.17, 15) is 9.59 Å². The summed E-state index contributed by atoms with van der Waals surface area (Å²) in [5.41, 5.74) is 2.60. The lowest BCUT2D eigenvalue weighted by Crippen LogP contribution is -2.32. The molecule has 0 unspecified atom stereocenters. The van der Waals surface area contributed by atoms with Crippen LogP contribution in [0.1, 0.15) is 36.3 Å². The highest BCUT2D eigenvalue weighted by Crippen LogP contribution is 2.45. The van der Waals surface area contributed by atoms with Crippen molar-refractivity contribution in [3.05, 3.63) is 50.9 Å². The van der Waals surface area contributed by atoms with E-state index in [1.54, 1.807) is 0 Å².